The molecule has 0 aliphatic carbocycles. The molecule has 9 nitrogen and oxygen atoms in total. The first-order chi connectivity index (χ1) is 16.5. The zero-order chi connectivity index (χ0) is 23.9. The van der Waals surface area contributed by atoms with E-state index >= 15 is 0 Å². The molecular formula is C24H19FN6O3. The van der Waals surface area contributed by atoms with E-state index in [0.29, 0.717) is 11.5 Å². The number of benzene rings is 3. The van der Waals surface area contributed by atoms with Crippen LogP contribution < -0.4 is 16.2 Å². The molecule has 1 aromatic heterocycles. The fourth-order valence-corrected chi connectivity index (χ4v) is 3.06. The summed E-state index contributed by atoms with van der Waals surface area (Å²) in [4.78, 5) is 40.9. The molecule has 0 saturated heterocycles. The van der Waals surface area contributed by atoms with Crippen LogP contribution >= 0.6 is 0 Å². The van der Waals surface area contributed by atoms with Crippen LogP contribution in [-0.2, 0) is 4.79 Å². The van der Waals surface area contributed by atoms with E-state index in [1.54, 1.807) is 0 Å². The molecule has 3 amide bonds. The van der Waals surface area contributed by atoms with Crippen molar-refractivity contribution in [3.8, 4) is 17.1 Å². The molecule has 4 aromatic rings. The van der Waals surface area contributed by atoms with E-state index in [2.05, 4.69) is 26.3 Å². The Morgan fingerprint density at radius 1 is 0.794 bits per heavy atom. The standard InChI is InChI=1S/C24H19FN6O3/c25-19-14-8-7-13-18(19)23(33)26-15-20(32)28-29-24(34)21-27-22(16-9-3-1-4-10-16)31(30-21)17-11-5-2-6-12-17/h1-14H,15H2,(H,26,33)(H,28,32)(H,29,34). The molecule has 3 N–H and O–H groups in total. The minimum atomic E-state index is -0.754. The summed E-state index contributed by atoms with van der Waals surface area (Å²) >= 11 is 0. The quantitative estimate of drug-likeness (QED) is 0.383. The van der Waals surface area contributed by atoms with Gasteiger partial charge in [0.2, 0.25) is 5.82 Å². The van der Waals surface area contributed by atoms with Crippen LogP contribution in [0.25, 0.3) is 17.1 Å². The Morgan fingerprint density at radius 2 is 1.44 bits per heavy atom. The smallest absolute Gasteiger partial charge is 0.309 e. The highest BCUT2D eigenvalue weighted by molar-refractivity contribution is 5.97. The molecule has 0 aliphatic rings. The molecule has 0 spiro atoms. The third-order valence-electron chi connectivity index (χ3n) is 4.69. The first kappa shape index (κ1) is 22.3. The van der Waals surface area contributed by atoms with Gasteiger partial charge in [0.05, 0.1) is 17.8 Å². The van der Waals surface area contributed by atoms with Crippen LogP contribution in [0.3, 0.4) is 0 Å². The summed E-state index contributed by atoms with van der Waals surface area (Å²) in [5.41, 5.74) is 5.65. The highest BCUT2D eigenvalue weighted by Gasteiger charge is 2.19. The van der Waals surface area contributed by atoms with Gasteiger partial charge >= 0.3 is 5.91 Å². The summed E-state index contributed by atoms with van der Waals surface area (Å²) < 4.78 is 15.2. The number of para-hydroxylation sites is 1. The molecule has 34 heavy (non-hydrogen) atoms. The zero-order valence-electron chi connectivity index (χ0n) is 17.7. The van der Waals surface area contributed by atoms with Crippen LogP contribution in [0.1, 0.15) is 21.0 Å². The number of carbonyl (C=O) groups is 3. The maximum absolute atomic E-state index is 13.7. The summed E-state index contributed by atoms with van der Waals surface area (Å²) in [6.07, 6.45) is 0. The van der Waals surface area contributed by atoms with E-state index < -0.39 is 30.1 Å². The van der Waals surface area contributed by atoms with Gasteiger partial charge in [-0.15, -0.1) is 5.10 Å². The fraction of sp³-hybridized carbons (Fsp3) is 0.0417. The third-order valence-corrected chi connectivity index (χ3v) is 4.69. The van der Waals surface area contributed by atoms with Crippen LogP contribution in [-0.4, -0.2) is 39.0 Å². The second-order valence-corrected chi connectivity index (χ2v) is 7.04. The molecule has 3 aromatic carbocycles. The second-order valence-electron chi connectivity index (χ2n) is 7.04. The number of nitrogens with one attached hydrogen (secondary N) is 3. The maximum atomic E-state index is 13.7. The molecule has 170 valence electrons. The zero-order valence-corrected chi connectivity index (χ0v) is 17.7. The highest BCUT2D eigenvalue weighted by Crippen LogP contribution is 2.20. The van der Waals surface area contributed by atoms with Crippen LogP contribution in [0.2, 0.25) is 0 Å². The Morgan fingerprint density at radius 3 is 2.15 bits per heavy atom. The normalized spacial score (nSPS) is 10.4. The summed E-state index contributed by atoms with van der Waals surface area (Å²) in [6, 6.07) is 23.8. The Hall–Kier alpha value is -4.86. The Kier molecular flexibility index (Phi) is 6.68. The number of amides is 3. The van der Waals surface area contributed by atoms with Crippen LogP contribution in [0.5, 0.6) is 0 Å². The average molecular weight is 458 g/mol. The number of halogens is 1. The third kappa shape index (κ3) is 5.13. The number of hydrogen-bond donors (Lipinski definition) is 3. The summed E-state index contributed by atoms with van der Waals surface area (Å²) in [7, 11) is 0. The van der Waals surface area contributed by atoms with Crippen molar-refractivity contribution in [1.29, 1.82) is 0 Å². The SMILES string of the molecule is O=C(CNC(=O)c1ccccc1F)NNC(=O)c1nc(-c2ccccc2)n(-c2ccccc2)n1. The number of nitrogens with zero attached hydrogens (tertiary/aromatic N) is 3. The van der Waals surface area contributed by atoms with Crippen molar-refractivity contribution >= 4 is 17.7 Å². The van der Waals surface area contributed by atoms with Gasteiger partial charge in [-0.25, -0.2) is 14.1 Å². The monoisotopic (exact) mass is 458 g/mol. The highest BCUT2D eigenvalue weighted by atomic mass is 19.1. The van der Waals surface area contributed by atoms with Crippen molar-refractivity contribution in [2.75, 3.05) is 6.54 Å². The summed E-state index contributed by atoms with van der Waals surface area (Å²) in [5, 5.41) is 6.57. The van der Waals surface area contributed by atoms with Crippen LogP contribution in [0.15, 0.2) is 84.9 Å². The predicted molar refractivity (Wildman–Crippen MR) is 121 cm³/mol. The molecule has 0 bridgehead atoms. The molecule has 0 aliphatic heterocycles. The molecule has 10 heteroatoms. The summed E-state index contributed by atoms with van der Waals surface area (Å²) in [6.45, 7) is -0.478. The van der Waals surface area contributed by atoms with E-state index in [1.807, 2.05) is 60.7 Å². The van der Waals surface area contributed by atoms with Crippen LogP contribution in [0.4, 0.5) is 4.39 Å². The van der Waals surface area contributed by atoms with Gasteiger partial charge in [0.25, 0.3) is 11.8 Å². The number of hydrogen-bond acceptors (Lipinski definition) is 5. The van der Waals surface area contributed by atoms with Gasteiger partial charge in [-0.2, -0.15) is 0 Å². The van der Waals surface area contributed by atoms with Gasteiger partial charge in [0, 0.05) is 5.56 Å². The molecular weight excluding hydrogens is 439 g/mol. The largest absolute Gasteiger partial charge is 0.343 e. The Balaban J connectivity index is 1.42. The van der Waals surface area contributed by atoms with Gasteiger partial charge in [-0.1, -0.05) is 60.7 Å². The van der Waals surface area contributed by atoms with Gasteiger partial charge in [-0.3, -0.25) is 25.2 Å². The average Bonchev–Trinajstić information content (AvgIpc) is 3.33. The van der Waals surface area contributed by atoms with E-state index in [0.717, 1.165) is 11.6 Å². The van der Waals surface area contributed by atoms with Gasteiger partial charge in [0.1, 0.15) is 5.82 Å². The molecule has 0 unspecified atom stereocenters. The number of rotatable bonds is 6. The minimum Gasteiger partial charge on any atom is -0.343 e. The van der Waals surface area contributed by atoms with E-state index in [-0.39, 0.29) is 11.4 Å². The second kappa shape index (κ2) is 10.2. The van der Waals surface area contributed by atoms with Crippen molar-refractivity contribution in [2.24, 2.45) is 0 Å². The van der Waals surface area contributed by atoms with Gasteiger partial charge in [0.15, 0.2) is 5.82 Å². The van der Waals surface area contributed by atoms with Gasteiger partial charge in [-0.05, 0) is 24.3 Å². The van der Waals surface area contributed by atoms with Crippen molar-refractivity contribution in [2.45, 2.75) is 0 Å². The maximum Gasteiger partial charge on any atom is 0.309 e. The van der Waals surface area contributed by atoms with Crippen molar-refractivity contribution in [1.82, 2.24) is 30.9 Å². The topological polar surface area (TPSA) is 118 Å². The fourth-order valence-electron chi connectivity index (χ4n) is 3.06. The molecule has 0 saturated carbocycles. The van der Waals surface area contributed by atoms with Crippen molar-refractivity contribution < 1.29 is 18.8 Å². The lowest BCUT2D eigenvalue weighted by molar-refractivity contribution is -0.120. The van der Waals surface area contributed by atoms with Crippen LogP contribution in [0, 0.1) is 5.82 Å². The molecule has 0 fully saturated rings. The number of hydrazine groups is 1. The van der Waals surface area contributed by atoms with Gasteiger partial charge < -0.3 is 5.32 Å². The predicted octanol–water partition coefficient (Wildman–Crippen LogP) is 2.26. The Labute approximate surface area is 193 Å². The lowest BCUT2D eigenvalue weighted by Gasteiger charge is -2.07. The number of carbonyl (C=O) groups excluding carboxylic acids is 3. The first-order valence-electron chi connectivity index (χ1n) is 10.2. The van der Waals surface area contributed by atoms with E-state index in [1.165, 1.54) is 22.9 Å². The number of aromatic nitrogens is 3. The lowest BCUT2D eigenvalue weighted by Crippen LogP contribution is -2.46. The molecule has 0 radical (unpaired) electrons. The molecule has 1 heterocycles. The van der Waals surface area contributed by atoms with E-state index in [4.69, 9.17) is 0 Å². The van der Waals surface area contributed by atoms with E-state index in [9.17, 15) is 18.8 Å². The Bertz CT molecular complexity index is 1270. The molecule has 4 rings (SSSR count). The lowest BCUT2D eigenvalue weighted by atomic mass is 10.2. The van der Waals surface area contributed by atoms with Crippen molar-refractivity contribution in [3.63, 3.8) is 0 Å². The summed E-state index contributed by atoms with van der Waals surface area (Å²) in [5.74, 6) is -2.65. The molecule has 0 atom stereocenters. The van der Waals surface area contributed by atoms with Crippen molar-refractivity contribution in [3.05, 3.63) is 102 Å². The first-order valence-corrected chi connectivity index (χ1v) is 10.2. The minimum absolute atomic E-state index is 0.168.